The van der Waals surface area contributed by atoms with Crippen LogP contribution in [0.2, 0.25) is 36.3 Å². The molecular formula is C36H62ClN5O5Si2. The predicted molar refractivity (Wildman–Crippen MR) is 208 cm³/mol. The van der Waals surface area contributed by atoms with Crippen LogP contribution in [-0.4, -0.2) is 45.2 Å². The molecule has 2 aromatic carbocycles. The largest absolute Gasteiger partial charge is 0.481 e. The highest BCUT2D eigenvalue weighted by Crippen LogP contribution is 2.38. The Morgan fingerprint density at radius 2 is 1.27 bits per heavy atom. The monoisotopic (exact) mass is 735 g/mol. The number of hydrazine groups is 1. The summed E-state index contributed by atoms with van der Waals surface area (Å²) in [5.74, 6) is 6.43. The zero-order chi connectivity index (χ0) is 36.8. The van der Waals surface area contributed by atoms with Gasteiger partial charge in [-0.15, -0.1) is 22.6 Å². The van der Waals surface area contributed by atoms with E-state index < -0.39 is 16.6 Å². The Balaban J connectivity index is 0.000000781. The molecule has 0 saturated heterocycles. The van der Waals surface area contributed by atoms with Crippen molar-refractivity contribution in [3.63, 3.8) is 0 Å². The van der Waals surface area contributed by atoms with E-state index in [1.54, 1.807) is 12.1 Å². The van der Waals surface area contributed by atoms with Crippen LogP contribution in [0.4, 0.5) is 0 Å². The summed E-state index contributed by atoms with van der Waals surface area (Å²) in [5, 5.41) is 15.4. The van der Waals surface area contributed by atoms with Crippen LogP contribution in [0.5, 0.6) is 0 Å². The van der Waals surface area contributed by atoms with E-state index in [0.717, 1.165) is 17.5 Å². The second kappa shape index (κ2) is 20.7. The van der Waals surface area contributed by atoms with Crippen molar-refractivity contribution in [1.29, 1.82) is 5.41 Å². The number of carbonyl (C=O) groups excluding carboxylic acids is 1. The number of benzene rings is 2. The van der Waals surface area contributed by atoms with Gasteiger partial charge in [-0.1, -0.05) is 79.7 Å². The molecule has 0 saturated carbocycles. The molecule has 3 rings (SSSR count). The second-order valence-electron chi connectivity index (χ2n) is 14.5. The molecule has 0 bridgehead atoms. The van der Waals surface area contributed by atoms with E-state index in [2.05, 4.69) is 95.5 Å². The first kappa shape index (κ1) is 46.1. The maximum Gasteiger partial charge on any atom is 0.265 e. The number of rotatable bonds is 11. The molecule has 0 fully saturated rings. The Hall–Kier alpha value is -2.88. The molecule has 1 aromatic heterocycles. The molecule has 1 amide bonds. The minimum Gasteiger partial charge on any atom is -0.481 e. The molecule has 3 aromatic rings. The molecule has 0 unspecified atom stereocenters. The average Bonchev–Trinajstić information content (AvgIpc) is 3.52. The molecule has 0 spiro atoms. The molecule has 1 heterocycles. The number of carbonyl (C=O) groups is 1. The molecule has 4 N–H and O–H groups in total. The van der Waals surface area contributed by atoms with E-state index >= 15 is 0 Å². The maximum atomic E-state index is 11.3. The Morgan fingerprint density at radius 1 is 0.816 bits per heavy atom. The predicted octanol–water partition coefficient (Wildman–Crippen LogP) is 9.46. The van der Waals surface area contributed by atoms with Gasteiger partial charge in [0.2, 0.25) is 11.8 Å². The van der Waals surface area contributed by atoms with Gasteiger partial charge < -0.3 is 18.0 Å². The topological polar surface area (TPSA) is 146 Å². The number of nitrogen functional groups attached to an aromatic ring is 1. The van der Waals surface area contributed by atoms with E-state index in [4.69, 9.17) is 29.3 Å². The fourth-order valence-corrected chi connectivity index (χ4v) is 5.25. The van der Waals surface area contributed by atoms with Gasteiger partial charge in [-0.2, -0.15) is 0 Å². The minimum absolute atomic E-state index is 0. The number of amides is 1. The lowest BCUT2D eigenvalue weighted by molar-refractivity contribution is 0.0953. The van der Waals surface area contributed by atoms with Gasteiger partial charge in [0.25, 0.3) is 5.91 Å². The van der Waals surface area contributed by atoms with Crippen molar-refractivity contribution < 1.29 is 22.8 Å². The van der Waals surface area contributed by atoms with Crippen molar-refractivity contribution in [3.05, 3.63) is 71.1 Å². The summed E-state index contributed by atoms with van der Waals surface area (Å²) in [7, 11) is -3.44. The first-order valence-corrected chi connectivity index (χ1v) is 22.5. The van der Waals surface area contributed by atoms with Gasteiger partial charge in [0.15, 0.2) is 22.5 Å². The van der Waals surface area contributed by atoms with Crippen LogP contribution < -0.4 is 11.3 Å². The summed E-state index contributed by atoms with van der Waals surface area (Å²) >= 11 is 0. The lowest BCUT2D eigenvalue weighted by Gasteiger charge is -2.36. The third kappa shape index (κ3) is 15.7. The van der Waals surface area contributed by atoms with Gasteiger partial charge >= 0.3 is 0 Å². The number of nitrogens with one attached hydrogen (secondary N) is 2. The van der Waals surface area contributed by atoms with Gasteiger partial charge in [0.1, 0.15) is 0 Å². The summed E-state index contributed by atoms with van der Waals surface area (Å²) < 4.78 is 22.7. The zero-order valence-corrected chi connectivity index (χ0v) is 34.9. The Labute approximate surface area is 303 Å². The highest BCUT2D eigenvalue weighted by atomic mass is 35.5. The molecule has 0 atom stereocenters. The van der Waals surface area contributed by atoms with Crippen LogP contribution in [0, 0.1) is 5.41 Å². The van der Waals surface area contributed by atoms with E-state index in [-0.39, 0.29) is 28.4 Å². The lowest BCUT2D eigenvalue weighted by atomic mass is 10.1. The average molecular weight is 737 g/mol. The summed E-state index contributed by atoms with van der Waals surface area (Å²) in [6.07, 6.45) is 1.46. The van der Waals surface area contributed by atoms with Gasteiger partial charge in [0.05, 0.1) is 19.8 Å². The molecule has 10 nitrogen and oxygen atoms in total. The highest BCUT2D eigenvalue weighted by Gasteiger charge is 2.37. The number of aryl methyl sites for hydroxylation is 1. The van der Waals surface area contributed by atoms with E-state index in [1.807, 2.05) is 45.0 Å². The third-order valence-electron chi connectivity index (χ3n) is 8.77. The summed E-state index contributed by atoms with van der Waals surface area (Å²) in [6, 6.07) is 15.5. The number of nitrogens with two attached hydrogens (primary N) is 1. The van der Waals surface area contributed by atoms with E-state index in [0.29, 0.717) is 49.5 Å². The molecule has 276 valence electrons. The van der Waals surface area contributed by atoms with Gasteiger partial charge in [-0.3, -0.25) is 15.6 Å². The lowest BCUT2D eigenvalue weighted by Crippen LogP contribution is -2.40. The minimum atomic E-state index is -1.73. The van der Waals surface area contributed by atoms with Crippen molar-refractivity contribution in [3.8, 4) is 11.5 Å². The summed E-state index contributed by atoms with van der Waals surface area (Å²) in [6.45, 7) is 30.0. The van der Waals surface area contributed by atoms with Crippen molar-refractivity contribution in [1.82, 2.24) is 15.6 Å². The highest BCUT2D eigenvalue weighted by molar-refractivity contribution is 6.74. The van der Waals surface area contributed by atoms with Gasteiger partial charge in [-0.05, 0) is 78.6 Å². The van der Waals surface area contributed by atoms with Crippen LogP contribution in [0.1, 0.15) is 96.1 Å². The van der Waals surface area contributed by atoms with E-state index in [1.165, 1.54) is 5.56 Å². The van der Waals surface area contributed by atoms with Crippen LogP contribution in [0.3, 0.4) is 0 Å². The fourth-order valence-electron chi connectivity index (χ4n) is 3.33. The smallest absolute Gasteiger partial charge is 0.265 e. The quantitative estimate of drug-likeness (QED) is 0.0441. The first-order valence-electron chi connectivity index (χ1n) is 16.7. The normalized spacial score (nSPS) is 11.6. The van der Waals surface area contributed by atoms with Crippen molar-refractivity contribution in [2.45, 2.75) is 125 Å². The van der Waals surface area contributed by atoms with Crippen molar-refractivity contribution >= 4 is 40.8 Å². The number of halogens is 1. The molecular weight excluding hydrogens is 674 g/mol. The Bertz CT molecular complexity index is 1400. The van der Waals surface area contributed by atoms with Crippen LogP contribution >= 0.6 is 12.4 Å². The van der Waals surface area contributed by atoms with Crippen LogP contribution in [0.15, 0.2) is 52.9 Å². The molecule has 13 heteroatoms. The van der Waals surface area contributed by atoms with Gasteiger partial charge in [0, 0.05) is 24.0 Å². The standard InChI is InChI=1S/C17H26N2O2Si.C14H24N2O2Si.C5H11NO.ClH/c1-7-15-18-19-16(21-15)14-10-8-13(9-11-14)12-20-22(5,6)17(2,3)4;1-14(2,3)19(4,5)18-10-11-6-8-12(9-7-11)13(17)16-15;1-3-5(6)7-4-2;/h8-11H,7,12H2,1-6H3;6-9H,10,15H2,1-5H3,(H,16,17);6H,3-4H2,1-2H3;1H. The summed E-state index contributed by atoms with van der Waals surface area (Å²) in [5.41, 5.74) is 5.85. The number of hydrogen-bond acceptors (Lipinski definition) is 9. The number of nitrogens with zero attached hydrogens (tertiary/aromatic N) is 2. The molecule has 0 aliphatic heterocycles. The molecule has 0 aliphatic rings. The Morgan fingerprint density at radius 3 is 1.59 bits per heavy atom. The van der Waals surface area contributed by atoms with E-state index in [9.17, 15) is 4.79 Å². The summed E-state index contributed by atoms with van der Waals surface area (Å²) in [4.78, 5) is 11.3. The van der Waals surface area contributed by atoms with Gasteiger partial charge in [-0.25, -0.2) is 5.84 Å². The fraction of sp³-hybridized carbons (Fsp3) is 0.556. The first-order chi connectivity index (χ1) is 22.2. The third-order valence-corrected chi connectivity index (χ3v) is 17.7. The molecule has 49 heavy (non-hydrogen) atoms. The number of hydrogen-bond donors (Lipinski definition) is 3. The zero-order valence-electron chi connectivity index (χ0n) is 32.1. The number of ether oxygens (including phenoxy) is 1. The Kier molecular flexibility index (Phi) is 19.5. The van der Waals surface area contributed by atoms with Crippen LogP contribution in [-0.2, 0) is 33.2 Å². The SMILES string of the molecule is CC(C)(C)[Si](C)(C)OCc1ccc(C(=O)NN)cc1.CCOC(=N)CC.CCc1nnc(-c2ccc(CO[Si](C)(C)C(C)(C)C)cc2)o1.Cl. The second-order valence-corrected chi connectivity index (χ2v) is 24.1. The van der Waals surface area contributed by atoms with Crippen LogP contribution in [0.25, 0.3) is 11.5 Å². The van der Waals surface area contributed by atoms with Crippen molar-refractivity contribution in [2.24, 2.45) is 5.84 Å². The number of aromatic nitrogens is 2. The molecule has 0 radical (unpaired) electrons. The molecule has 0 aliphatic carbocycles. The van der Waals surface area contributed by atoms with Crippen molar-refractivity contribution in [2.75, 3.05) is 6.61 Å². The maximum absolute atomic E-state index is 11.3.